The fraction of sp³-hybridized carbons (Fsp3) is 0. The van der Waals surface area contributed by atoms with Gasteiger partial charge in [-0.1, -0.05) is 146 Å². The molecule has 0 amide bonds. The molecule has 0 aliphatic heterocycles. The first-order chi connectivity index (χ1) is 24.8. The van der Waals surface area contributed by atoms with E-state index in [4.69, 9.17) is 15.0 Å². The third-order valence-corrected chi connectivity index (χ3v) is 11.7. The van der Waals surface area contributed by atoms with Gasteiger partial charge in [-0.25, -0.2) is 15.0 Å². The molecule has 0 N–H and O–H groups in total. The number of hydrogen-bond acceptors (Lipinski definition) is 5. The van der Waals surface area contributed by atoms with Crippen molar-refractivity contribution in [1.82, 2.24) is 15.0 Å². The summed E-state index contributed by atoms with van der Waals surface area (Å²) in [6.07, 6.45) is 0. The molecule has 10 rings (SSSR count). The Hall–Kier alpha value is -6.01. The summed E-state index contributed by atoms with van der Waals surface area (Å²) in [6, 6.07) is 57.8. The van der Waals surface area contributed by atoms with E-state index in [2.05, 4.69) is 140 Å². The van der Waals surface area contributed by atoms with Gasteiger partial charge in [0, 0.05) is 62.6 Å². The van der Waals surface area contributed by atoms with Gasteiger partial charge in [0.05, 0.1) is 0 Å². The van der Waals surface area contributed by atoms with Crippen LogP contribution in [0.4, 0.5) is 0 Å². The Bertz CT molecular complexity index is 2850. The van der Waals surface area contributed by atoms with Crippen LogP contribution in [-0.4, -0.2) is 15.0 Å². The molecule has 0 radical (unpaired) electrons. The summed E-state index contributed by atoms with van der Waals surface area (Å²) < 4.78 is 5.14. The molecule has 0 atom stereocenters. The molecular weight excluding hydrogens is 647 g/mol. The Morgan fingerprint density at radius 3 is 1.64 bits per heavy atom. The summed E-state index contributed by atoms with van der Waals surface area (Å²) in [5.74, 6) is 1.98. The normalized spacial score (nSPS) is 11.6. The predicted molar refractivity (Wildman–Crippen MR) is 213 cm³/mol. The van der Waals surface area contributed by atoms with E-state index < -0.39 is 0 Å². The van der Waals surface area contributed by atoms with Gasteiger partial charge in [-0.2, -0.15) is 0 Å². The molecule has 50 heavy (non-hydrogen) atoms. The maximum atomic E-state index is 5.07. The molecule has 7 aromatic carbocycles. The Labute approximate surface area is 296 Å². The van der Waals surface area contributed by atoms with Crippen molar-refractivity contribution in [3.8, 4) is 56.4 Å². The van der Waals surface area contributed by atoms with E-state index in [-0.39, 0.29) is 0 Å². The lowest BCUT2D eigenvalue weighted by Gasteiger charge is -2.09. The van der Waals surface area contributed by atoms with Crippen LogP contribution < -0.4 is 0 Å². The van der Waals surface area contributed by atoms with Crippen molar-refractivity contribution in [2.24, 2.45) is 0 Å². The van der Waals surface area contributed by atoms with Crippen LogP contribution in [0.2, 0.25) is 0 Å². The average molecular weight is 674 g/mol. The summed E-state index contributed by atoms with van der Waals surface area (Å²) in [4.78, 5) is 15.1. The van der Waals surface area contributed by atoms with Crippen LogP contribution in [0.15, 0.2) is 164 Å². The van der Waals surface area contributed by atoms with Gasteiger partial charge < -0.3 is 0 Å². The van der Waals surface area contributed by atoms with Gasteiger partial charge in [0.1, 0.15) is 0 Å². The van der Waals surface area contributed by atoms with Crippen molar-refractivity contribution in [3.63, 3.8) is 0 Å². The maximum absolute atomic E-state index is 5.07. The van der Waals surface area contributed by atoms with Gasteiger partial charge in [-0.05, 0) is 34.9 Å². The predicted octanol–water partition coefficient (Wildman–Crippen LogP) is 12.9. The van der Waals surface area contributed by atoms with E-state index in [1.807, 2.05) is 46.9 Å². The van der Waals surface area contributed by atoms with Gasteiger partial charge >= 0.3 is 0 Å². The van der Waals surface area contributed by atoms with E-state index in [1.165, 1.54) is 57.0 Å². The smallest absolute Gasteiger partial charge is 0.164 e. The molecule has 0 fully saturated rings. The van der Waals surface area contributed by atoms with E-state index >= 15 is 0 Å². The maximum Gasteiger partial charge on any atom is 0.164 e. The highest BCUT2D eigenvalue weighted by Gasteiger charge is 2.17. The van der Waals surface area contributed by atoms with Gasteiger partial charge in [0.15, 0.2) is 17.5 Å². The summed E-state index contributed by atoms with van der Waals surface area (Å²) in [7, 11) is 0. The molecule has 0 unspecified atom stereocenters. The minimum atomic E-state index is 0.656. The van der Waals surface area contributed by atoms with E-state index in [0.717, 1.165) is 22.3 Å². The lowest BCUT2D eigenvalue weighted by atomic mass is 9.98. The molecule has 3 aromatic heterocycles. The van der Waals surface area contributed by atoms with Crippen LogP contribution in [-0.2, 0) is 0 Å². The lowest BCUT2D eigenvalue weighted by molar-refractivity contribution is 1.07. The van der Waals surface area contributed by atoms with Crippen LogP contribution in [0.5, 0.6) is 0 Å². The van der Waals surface area contributed by atoms with Crippen LogP contribution >= 0.6 is 22.7 Å². The Balaban J connectivity index is 1.11. The molecule has 0 saturated carbocycles. The summed E-state index contributed by atoms with van der Waals surface area (Å²) in [6.45, 7) is 0. The number of hydrogen-bond donors (Lipinski definition) is 0. The third kappa shape index (κ3) is 4.90. The molecule has 10 aromatic rings. The average Bonchev–Trinajstić information content (AvgIpc) is 3.77. The Morgan fingerprint density at radius 2 is 0.860 bits per heavy atom. The van der Waals surface area contributed by atoms with Crippen LogP contribution in [0.3, 0.4) is 0 Å². The third-order valence-electron chi connectivity index (χ3n) is 9.37. The molecule has 3 heterocycles. The standard InChI is InChI=1S/C45H27N3S2/c1-3-11-28(12-4-1)29-21-23-31(24-22-29)44-46-43(30-13-5-2-6-14-30)47-45(48-44)32-25-26-33-35-17-9-18-36(42(35)50-40(33)27-32)34-16-10-20-39-41(34)37-15-7-8-19-38(37)49-39/h1-27H. The highest BCUT2D eigenvalue weighted by atomic mass is 32.1. The number of aromatic nitrogens is 3. The van der Waals surface area contributed by atoms with E-state index in [0.29, 0.717) is 17.5 Å². The van der Waals surface area contributed by atoms with E-state index in [1.54, 1.807) is 0 Å². The van der Waals surface area contributed by atoms with Crippen LogP contribution in [0, 0.1) is 0 Å². The van der Waals surface area contributed by atoms with Crippen molar-refractivity contribution in [2.45, 2.75) is 0 Å². The molecule has 234 valence electrons. The lowest BCUT2D eigenvalue weighted by Crippen LogP contribution is -2.00. The zero-order chi connectivity index (χ0) is 33.0. The fourth-order valence-electron chi connectivity index (χ4n) is 6.94. The Kier molecular flexibility index (Phi) is 6.86. The molecule has 0 aliphatic rings. The first-order valence-corrected chi connectivity index (χ1v) is 18.2. The zero-order valence-corrected chi connectivity index (χ0v) is 28.4. The number of rotatable bonds is 5. The van der Waals surface area contributed by atoms with Crippen LogP contribution in [0.25, 0.3) is 96.8 Å². The number of nitrogens with zero attached hydrogens (tertiary/aromatic N) is 3. The van der Waals surface area contributed by atoms with Crippen molar-refractivity contribution in [3.05, 3.63) is 164 Å². The first-order valence-electron chi connectivity index (χ1n) is 16.6. The van der Waals surface area contributed by atoms with Crippen molar-refractivity contribution in [2.75, 3.05) is 0 Å². The monoisotopic (exact) mass is 673 g/mol. The van der Waals surface area contributed by atoms with Gasteiger partial charge in [-0.15, -0.1) is 22.7 Å². The summed E-state index contributed by atoms with van der Waals surface area (Å²) in [5.41, 5.74) is 7.77. The molecule has 0 spiro atoms. The molecule has 0 aliphatic carbocycles. The second kappa shape index (κ2) is 11.8. The highest BCUT2D eigenvalue weighted by Crippen LogP contribution is 2.45. The SMILES string of the molecule is c1ccc(-c2ccc(-c3nc(-c4ccccc4)nc(-c4ccc5c(c4)sc4c(-c6cccc7sc8ccccc8c67)cccc45)n3)cc2)cc1. The fourth-order valence-corrected chi connectivity index (χ4v) is 9.34. The number of thiophene rings is 2. The number of benzene rings is 7. The van der Waals surface area contributed by atoms with Gasteiger partial charge in [0.2, 0.25) is 0 Å². The molecule has 0 bridgehead atoms. The summed E-state index contributed by atoms with van der Waals surface area (Å²) in [5, 5.41) is 5.16. The molecular formula is C45H27N3S2. The minimum absolute atomic E-state index is 0.656. The second-order valence-corrected chi connectivity index (χ2v) is 14.5. The largest absolute Gasteiger partial charge is 0.208 e. The van der Waals surface area contributed by atoms with Crippen molar-refractivity contribution >= 4 is 63.0 Å². The summed E-state index contributed by atoms with van der Waals surface area (Å²) >= 11 is 3.70. The van der Waals surface area contributed by atoms with Gasteiger partial charge in [-0.3, -0.25) is 0 Å². The minimum Gasteiger partial charge on any atom is -0.208 e. The van der Waals surface area contributed by atoms with Crippen molar-refractivity contribution < 1.29 is 0 Å². The van der Waals surface area contributed by atoms with E-state index in [9.17, 15) is 0 Å². The van der Waals surface area contributed by atoms with Crippen LogP contribution in [0.1, 0.15) is 0 Å². The first kappa shape index (κ1) is 29.0. The van der Waals surface area contributed by atoms with Crippen molar-refractivity contribution in [1.29, 1.82) is 0 Å². The van der Waals surface area contributed by atoms with Gasteiger partial charge in [0.25, 0.3) is 0 Å². The Morgan fingerprint density at radius 1 is 0.320 bits per heavy atom. The number of fused-ring (bicyclic) bond motifs is 6. The quantitative estimate of drug-likeness (QED) is 0.182. The topological polar surface area (TPSA) is 38.7 Å². The highest BCUT2D eigenvalue weighted by molar-refractivity contribution is 7.26. The molecule has 0 saturated heterocycles. The zero-order valence-electron chi connectivity index (χ0n) is 26.7. The molecule has 3 nitrogen and oxygen atoms in total. The molecule has 5 heteroatoms. The second-order valence-electron chi connectivity index (χ2n) is 12.4.